The molecule has 34 heavy (non-hydrogen) atoms. The zero-order valence-corrected chi connectivity index (χ0v) is 22.1. The topological polar surface area (TPSA) is 96.0 Å². The second-order valence-electron chi connectivity index (χ2n) is 10.7. The molecule has 0 aliphatic carbocycles. The van der Waals surface area contributed by atoms with Crippen LogP contribution in [0.1, 0.15) is 81.9 Å². The highest BCUT2D eigenvalue weighted by molar-refractivity contribution is 7.89. The highest BCUT2D eigenvalue weighted by atomic mass is 32.2. The third-order valence-corrected chi connectivity index (χ3v) is 8.42. The average Bonchev–Trinajstić information content (AvgIpc) is 3.16. The molecule has 2 aliphatic rings. The van der Waals surface area contributed by atoms with Crippen molar-refractivity contribution in [1.29, 1.82) is 0 Å². The van der Waals surface area contributed by atoms with Crippen molar-refractivity contribution in [1.82, 2.24) is 14.5 Å². The Kier molecular flexibility index (Phi) is 7.97. The van der Waals surface area contributed by atoms with Crippen molar-refractivity contribution in [2.24, 2.45) is 11.8 Å². The minimum absolute atomic E-state index is 0.0912. The molecular weight excluding hydrogens is 454 g/mol. The number of carbonyl (C=O) groups is 2. The largest absolute Gasteiger partial charge is 0.444 e. The summed E-state index contributed by atoms with van der Waals surface area (Å²) in [4.78, 5) is 27.4. The summed E-state index contributed by atoms with van der Waals surface area (Å²) in [6.07, 6.45) is 1.14. The Morgan fingerprint density at radius 2 is 1.82 bits per heavy atom. The molecule has 3 rings (SSSR count). The van der Waals surface area contributed by atoms with Crippen molar-refractivity contribution in [2.75, 3.05) is 25.4 Å². The Labute approximate surface area is 204 Å². The van der Waals surface area contributed by atoms with Crippen molar-refractivity contribution in [2.45, 2.75) is 72.6 Å². The number of sulfonamides is 1. The first-order valence-corrected chi connectivity index (χ1v) is 13.8. The van der Waals surface area contributed by atoms with Crippen molar-refractivity contribution >= 4 is 22.0 Å². The van der Waals surface area contributed by atoms with E-state index in [1.165, 1.54) is 0 Å². The summed E-state index contributed by atoms with van der Waals surface area (Å²) in [5, 5.41) is 3.01. The van der Waals surface area contributed by atoms with Crippen molar-refractivity contribution in [3.63, 3.8) is 0 Å². The van der Waals surface area contributed by atoms with E-state index in [1.54, 1.807) is 16.1 Å². The van der Waals surface area contributed by atoms with E-state index >= 15 is 0 Å². The number of ether oxygens (including phenoxy) is 1. The summed E-state index contributed by atoms with van der Waals surface area (Å²) < 4.78 is 31.2. The summed E-state index contributed by atoms with van der Waals surface area (Å²) in [7, 11) is -3.15. The number of hydrogen-bond donors (Lipinski definition) is 1. The van der Waals surface area contributed by atoms with Crippen molar-refractivity contribution in [3.8, 4) is 0 Å². The standard InChI is InChI=1S/C25H39N3O5S/c1-7-34(31,32)27-12-10-18(11-13-27)15-26-23(29)19-8-9-21-20(14-19)16-28(22(21)17(2)3)24(30)33-25(4,5)6/h8-9,14,17-18,22H,7,10-13,15-16H2,1-6H3,(H,26,29). The monoisotopic (exact) mass is 493 g/mol. The first-order chi connectivity index (χ1) is 15.8. The van der Waals surface area contributed by atoms with Crippen LogP contribution in [0.5, 0.6) is 0 Å². The Morgan fingerprint density at radius 3 is 2.38 bits per heavy atom. The number of rotatable bonds is 6. The van der Waals surface area contributed by atoms with Gasteiger partial charge < -0.3 is 10.1 Å². The van der Waals surface area contributed by atoms with Gasteiger partial charge in [-0.15, -0.1) is 0 Å². The van der Waals surface area contributed by atoms with Crippen LogP contribution in [0.3, 0.4) is 0 Å². The predicted octanol–water partition coefficient (Wildman–Crippen LogP) is 3.93. The normalized spacial score (nSPS) is 19.9. The summed E-state index contributed by atoms with van der Waals surface area (Å²) in [6.45, 7) is 13.3. The van der Waals surface area contributed by atoms with Gasteiger partial charge in [-0.2, -0.15) is 0 Å². The van der Waals surface area contributed by atoms with Gasteiger partial charge in [0.2, 0.25) is 10.0 Å². The molecule has 2 heterocycles. The van der Waals surface area contributed by atoms with E-state index in [9.17, 15) is 18.0 Å². The molecule has 190 valence electrons. The molecule has 1 aromatic carbocycles. The number of nitrogens with zero attached hydrogens (tertiary/aromatic N) is 2. The Hall–Kier alpha value is -2.13. The van der Waals surface area contributed by atoms with Gasteiger partial charge in [0.25, 0.3) is 5.91 Å². The molecule has 0 radical (unpaired) electrons. The zero-order valence-electron chi connectivity index (χ0n) is 21.3. The third-order valence-electron chi connectivity index (χ3n) is 6.54. The maximum Gasteiger partial charge on any atom is 0.411 e. The molecule has 1 aromatic rings. The van der Waals surface area contributed by atoms with E-state index in [-0.39, 0.29) is 35.6 Å². The van der Waals surface area contributed by atoms with Gasteiger partial charge in [0.1, 0.15) is 5.60 Å². The van der Waals surface area contributed by atoms with E-state index in [2.05, 4.69) is 19.2 Å². The van der Waals surface area contributed by atoms with Gasteiger partial charge in [0.15, 0.2) is 0 Å². The lowest BCUT2D eigenvalue weighted by Gasteiger charge is -2.31. The lowest BCUT2D eigenvalue weighted by atomic mass is 9.94. The highest BCUT2D eigenvalue weighted by Gasteiger charge is 2.38. The molecule has 1 unspecified atom stereocenters. The molecule has 8 nitrogen and oxygen atoms in total. The van der Waals surface area contributed by atoms with E-state index in [4.69, 9.17) is 4.74 Å². The van der Waals surface area contributed by atoms with Crippen molar-refractivity contribution < 1.29 is 22.7 Å². The number of nitrogens with one attached hydrogen (secondary N) is 1. The fraction of sp³-hybridized carbons (Fsp3) is 0.680. The Morgan fingerprint density at radius 1 is 1.18 bits per heavy atom. The van der Waals surface area contributed by atoms with Gasteiger partial charge in [-0.05, 0) is 75.6 Å². The highest BCUT2D eigenvalue weighted by Crippen LogP contribution is 2.40. The molecule has 0 spiro atoms. The average molecular weight is 494 g/mol. The van der Waals surface area contributed by atoms with Crippen LogP contribution in [-0.4, -0.2) is 60.6 Å². The number of amides is 2. The van der Waals surface area contributed by atoms with E-state index < -0.39 is 15.6 Å². The number of benzene rings is 1. The lowest BCUT2D eigenvalue weighted by Crippen LogP contribution is -2.42. The van der Waals surface area contributed by atoms with E-state index in [0.717, 1.165) is 24.0 Å². The zero-order chi connectivity index (χ0) is 25.3. The Balaban J connectivity index is 1.62. The number of fused-ring (bicyclic) bond motifs is 1. The summed E-state index contributed by atoms with van der Waals surface area (Å²) >= 11 is 0. The fourth-order valence-corrected chi connectivity index (χ4v) is 5.89. The minimum Gasteiger partial charge on any atom is -0.444 e. The maximum absolute atomic E-state index is 12.9. The van der Waals surface area contributed by atoms with Gasteiger partial charge in [0, 0.05) is 25.2 Å². The maximum atomic E-state index is 12.9. The summed E-state index contributed by atoms with van der Waals surface area (Å²) in [6, 6.07) is 5.55. The molecular formula is C25H39N3O5S. The SMILES string of the molecule is CCS(=O)(=O)N1CCC(CNC(=O)c2ccc3c(c2)CN(C(=O)OC(C)(C)C)C3C(C)C)CC1. The van der Waals surface area contributed by atoms with Gasteiger partial charge in [0.05, 0.1) is 18.3 Å². The molecule has 9 heteroatoms. The fourth-order valence-electron chi connectivity index (χ4n) is 4.75. The molecule has 2 aliphatic heterocycles. The van der Waals surface area contributed by atoms with Crippen LogP contribution in [-0.2, 0) is 21.3 Å². The van der Waals surface area contributed by atoms with Gasteiger partial charge in [-0.25, -0.2) is 17.5 Å². The molecule has 1 saturated heterocycles. The van der Waals surface area contributed by atoms with Crippen LogP contribution >= 0.6 is 0 Å². The van der Waals surface area contributed by atoms with Crippen LogP contribution in [0.4, 0.5) is 4.79 Å². The van der Waals surface area contributed by atoms with Crippen LogP contribution in [0.2, 0.25) is 0 Å². The number of hydrogen-bond acceptors (Lipinski definition) is 5. The second-order valence-corrected chi connectivity index (χ2v) is 12.9. The number of piperidine rings is 1. The summed E-state index contributed by atoms with van der Waals surface area (Å²) in [5.74, 6) is 0.434. The first-order valence-electron chi connectivity index (χ1n) is 12.2. The number of carbonyl (C=O) groups excluding carboxylic acids is 2. The summed E-state index contributed by atoms with van der Waals surface area (Å²) in [5.41, 5.74) is 2.02. The molecule has 1 N–H and O–H groups in total. The molecule has 1 fully saturated rings. The van der Waals surface area contributed by atoms with Crippen LogP contribution in [0.15, 0.2) is 18.2 Å². The van der Waals surface area contributed by atoms with Gasteiger partial charge in [-0.1, -0.05) is 19.9 Å². The van der Waals surface area contributed by atoms with Crippen LogP contribution in [0.25, 0.3) is 0 Å². The molecule has 0 bridgehead atoms. The Bertz CT molecular complexity index is 1010. The second kappa shape index (κ2) is 10.2. The third kappa shape index (κ3) is 6.10. The lowest BCUT2D eigenvalue weighted by molar-refractivity contribution is 0.0127. The predicted molar refractivity (Wildman–Crippen MR) is 132 cm³/mol. The molecule has 0 aromatic heterocycles. The molecule has 1 atom stereocenters. The minimum atomic E-state index is -3.15. The van der Waals surface area contributed by atoms with Gasteiger partial charge >= 0.3 is 6.09 Å². The van der Waals surface area contributed by atoms with E-state index in [0.29, 0.717) is 31.7 Å². The molecule has 0 saturated carbocycles. The van der Waals surface area contributed by atoms with Crippen molar-refractivity contribution in [3.05, 3.63) is 34.9 Å². The quantitative estimate of drug-likeness (QED) is 0.648. The van der Waals surface area contributed by atoms with Gasteiger partial charge in [-0.3, -0.25) is 9.69 Å². The smallest absolute Gasteiger partial charge is 0.411 e. The van der Waals surface area contributed by atoms with Crippen LogP contribution < -0.4 is 5.32 Å². The van der Waals surface area contributed by atoms with E-state index in [1.807, 2.05) is 39.0 Å². The van der Waals surface area contributed by atoms with Crippen LogP contribution in [0, 0.1) is 11.8 Å². The first kappa shape index (κ1) is 26.5. The molecule has 2 amide bonds.